The summed E-state index contributed by atoms with van der Waals surface area (Å²) in [4.78, 5) is 12.0. The van der Waals surface area contributed by atoms with Gasteiger partial charge < -0.3 is 15.7 Å². The maximum Gasteiger partial charge on any atom is 0.223 e. The molecule has 2 saturated carbocycles. The van der Waals surface area contributed by atoms with E-state index in [1.807, 2.05) is 0 Å². The topological polar surface area (TPSA) is 61.4 Å². The van der Waals surface area contributed by atoms with Crippen LogP contribution >= 0.6 is 0 Å². The zero-order chi connectivity index (χ0) is 11.2. The van der Waals surface area contributed by atoms with Crippen molar-refractivity contribution in [2.24, 2.45) is 11.3 Å². The van der Waals surface area contributed by atoms with Gasteiger partial charge in [-0.25, -0.2) is 0 Å². The molecule has 1 amide bonds. The standard InChI is InChI=1S/C12H20N2O2/c15-9-5-8(6-9)14-11(16)10-7-12(10)1-3-13-4-2-12/h8-10,13,15H,1-7H2,(H,14,16). The van der Waals surface area contributed by atoms with Gasteiger partial charge in [-0.15, -0.1) is 0 Å². The van der Waals surface area contributed by atoms with Crippen LogP contribution in [-0.2, 0) is 4.79 Å². The van der Waals surface area contributed by atoms with Gasteiger partial charge in [-0.05, 0) is 50.6 Å². The number of nitrogens with one attached hydrogen (secondary N) is 2. The van der Waals surface area contributed by atoms with E-state index in [9.17, 15) is 4.79 Å². The van der Waals surface area contributed by atoms with Crippen LogP contribution in [-0.4, -0.2) is 36.2 Å². The Kier molecular flexibility index (Phi) is 2.44. The molecule has 2 aliphatic carbocycles. The molecule has 3 fully saturated rings. The van der Waals surface area contributed by atoms with E-state index in [0.717, 1.165) is 45.2 Å². The van der Waals surface area contributed by atoms with Crippen molar-refractivity contribution in [1.82, 2.24) is 10.6 Å². The summed E-state index contributed by atoms with van der Waals surface area (Å²) in [6.45, 7) is 2.12. The Bertz CT molecular complexity index is 293. The van der Waals surface area contributed by atoms with Crippen molar-refractivity contribution >= 4 is 5.91 Å². The lowest BCUT2D eigenvalue weighted by Gasteiger charge is -2.32. The fraction of sp³-hybridized carbons (Fsp3) is 0.917. The predicted molar refractivity (Wildman–Crippen MR) is 59.8 cm³/mol. The highest BCUT2D eigenvalue weighted by Crippen LogP contribution is 2.58. The third-order valence-corrected chi connectivity index (χ3v) is 4.57. The SMILES string of the molecule is O=C(NC1CC(O)C1)C1CC12CCNCC2. The molecule has 4 heteroatoms. The van der Waals surface area contributed by atoms with Crippen LogP contribution in [0.2, 0.25) is 0 Å². The van der Waals surface area contributed by atoms with Crippen LogP contribution in [0.5, 0.6) is 0 Å². The van der Waals surface area contributed by atoms with E-state index in [-0.39, 0.29) is 24.0 Å². The number of rotatable bonds is 2. The first-order valence-corrected chi connectivity index (χ1v) is 6.39. The summed E-state index contributed by atoms with van der Waals surface area (Å²) >= 11 is 0. The number of hydrogen-bond donors (Lipinski definition) is 3. The predicted octanol–water partition coefficient (Wildman–Crippen LogP) is 0.0156. The molecule has 0 aromatic rings. The average Bonchev–Trinajstić information content (AvgIpc) is 2.91. The molecule has 1 atom stereocenters. The van der Waals surface area contributed by atoms with Crippen LogP contribution < -0.4 is 10.6 Å². The van der Waals surface area contributed by atoms with Crippen molar-refractivity contribution in [3.05, 3.63) is 0 Å². The fourth-order valence-corrected chi connectivity index (χ4v) is 3.20. The lowest BCUT2D eigenvalue weighted by atomic mass is 9.88. The Morgan fingerprint density at radius 3 is 2.62 bits per heavy atom. The molecule has 3 N–H and O–H groups in total. The van der Waals surface area contributed by atoms with Gasteiger partial charge in [0.1, 0.15) is 0 Å². The smallest absolute Gasteiger partial charge is 0.223 e. The van der Waals surface area contributed by atoms with Gasteiger partial charge in [0.15, 0.2) is 0 Å². The first-order chi connectivity index (χ1) is 7.70. The largest absolute Gasteiger partial charge is 0.393 e. The average molecular weight is 224 g/mol. The number of piperidine rings is 1. The Morgan fingerprint density at radius 1 is 1.31 bits per heavy atom. The van der Waals surface area contributed by atoms with Crippen LogP contribution in [0.15, 0.2) is 0 Å². The highest BCUT2D eigenvalue weighted by Gasteiger charge is 2.57. The quantitative estimate of drug-likeness (QED) is 0.619. The maximum absolute atomic E-state index is 12.0. The molecule has 1 saturated heterocycles. The van der Waals surface area contributed by atoms with Gasteiger partial charge in [0.05, 0.1) is 6.10 Å². The van der Waals surface area contributed by atoms with Gasteiger partial charge in [0.25, 0.3) is 0 Å². The van der Waals surface area contributed by atoms with Gasteiger partial charge in [0.2, 0.25) is 5.91 Å². The van der Waals surface area contributed by atoms with Crippen molar-refractivity contribution in [3.63, 3.8) is 0 Å². The van der Waals surface area contributed by atoms with E-state index < -0.39 is 0 Å². The van der Waals surface area contributed by atoms with Crippen LogP contribution in [0.25, 0.3) is 0 Å². The van der Waals surface area contributed by atoms with Crippen LogP contribution in [0, 0.1) is 11.3 Å². The lowest BCUT2D eigenvalue weighted by molar-refractivity contribution is -0.125. The minimum atomic E-state index is -0.183. The maximum atomic E-state index is 12.0. The van der Waals surface area contributed by atoms with Gasteiger partial charge >= 0.3 is 0 Å². The molecule has 3 aliphatic rings. The van der Waals surface area contributed by atoms with Crippen molar-refractivity contribution in [2.75, 3.05) is 13.1 Å². The van der Waals surface area contributed by atoms with E-state index in [1.165, 1.54) is 0 Å². The molecule has 1 aliphatic heterocycles. The second-order valence-electron chi connectivity index (χ2n) is 5.70. The first-order valence-electron chi connectivity index (χ1n) is 6.39. The van der Waals surface area contributed by atoms with Crippen LogP contribution in [0.4, 0.5) is 0 Å². The molecule has 0 bridgehead atoms. The summed E-state index contributed by atoms with van der Waals surface area (Å²) in [6.07, 6.45) is 4.68. The molecule has 4 nitrogen and oxygen atoms in total. The molecule has 1 unspecified atom stereocenters. The number of carbonyl (C=O) groups excluding carboxylic acids is 1. The van der Waals surface area contributed by atoms with E-state index in [1.54, 1.807) is 0 Å². The van der Waals surface area contributed by atoms with Crippen molar-refractivity contribution in [2.45, 2.75) is 44.2 Å². The molecule has 1 heterocycles. The number of aliphatic hydroxyl groups is 1. The highest BCUT2D eigenvalue weighted by atomic mass is 16.3. The minimum absolute atomic E-state index is 0.183. The summed E-state index contributed by atoms with van der Waals surface area (Å²) in [6, 6.07) is 0.238. The van der Waals surface area contributed by atoms with Crippen LogP contribution in [0.3, 0.4) is 0 Å². The molecule has 3 rings (SSSR count). The van der Waals surface area contributed by atoms with Gasteiger partial charge in [-0.2, -0.15) is 0 Å². The number of hydrogen-bond acceptors (Lipinski definition) is 3. The molecular weight excluding hydrogens is 204 g/mol. The molecule has 0 aromatic carbocycles. The Balaban J connectivity index is 1.49. The summed E-state index contributed by atoms with van der Waals surface area (Å²) < 4.78 is 0. The van der Waals surface area contributed by atoms with Crippen LogP contribution in [0.1, 0.15) is 32.1 Å². The molecule has 90 valence electrons. The van der Waals surface area contributed by atoms with E-state index in [2.05, 4.69) is 10.6 Å². The fourth-order valence-electron chi connectivity index (χ4n) is 3.20. The summed E-state index contributed by atoms with van der Waals surface area (Å²) in [5.41, 5.74) is 0.331. The second-order valence-corrected chi connectivity index (χ2v) is 5.70. The van der Waals surface area contributed by atoms with Crippen molar-refractivity contribution in [3.8, 4) is 0 Å². The number of aliphatic hydroxyl groups excluding tert-OH is 1. The summed E-state index contributed by atoms with van der Waals surface area (Å²) in [7, 11) is 0. The minimum Gasteiger partial charge on any atom is -0.393 e. The zero-order valence-electron chi connectivity index (χ0n) is 9.54. The summed E-state index contributed by atoms with van der Waals surface area (Å²) in [5.74, 6) is 0.492. The zero-order valence-corrected chi connectivity index (χ0v) is 9.54. The molecule has 0 aromatic heterocycles. The van der Waals surface area contributed by atoms with E-state index >= 15 is 0 Å². The lowest BCUT2D eigenvalue weighted by Crippen LogP contribution is -2.48. The first kappa shape index (κ1) is 10.5. The van der Waals surface area contributed by atoms with Crippen molar-refractivity contribution < 1.29 is 9.90 Å². The van der Waals surface area contributed by atoms with E-state index in [0.29, 0.717) is 5.41 Å². The van der Waals surface area contributed by atoms with Gasteiger partial charge in [-0.1, -0.05) is 0 Å². The Morgan fingerprint density at radius 2 is 2.00 bits per heavy atom. The van der Waals surface area contributed by atoms with Gasteiger partial charge in [0, 0.05) is 12.0 Å². The molecule has 16 heavy (non-hydrogen) atoms. The third-order valence-electron chi connectivity index (χ3n) is 4.57. The summed E-state index contributed by atoms with van der Waals surface area (Å²) in [5, 5.41) is 15.6. The number of carbonyl (C=O) groups is 1. The van der Waals surface area contributed by atoms with E-state index in [4.69, 9.17) is 5.11 Å². The highest BCUT2D eigenvalue weighted by molar-refractivity contribution is 5.83. The number of amides is 1. The monoisotopic (exact) mass is 224 g/mol. The third kappa shape index (κ3) is 1.74. The molecule has 1 spiro atoms. The second kappa shape index (κ2) is 3.70. The Hall–Kier alpha value is -0.610. The molecular formula is C12H20N2O2. The van der Waals surface area contributed by atoms with Gasteiger partial charge in [-0.3, -0.25) is 4.79 Å². The van der Waals surface area contributed by atoms with Crippen molar-refractivity contribution in [1.29, 1.82) is 0 Å². The normalized spacial score (nSPS) is 40.2. The Labute approximate surface area is 95.8 Å². The molecule has 0 radical (unpaired) electrons.